The molecule has 8 heteroatoms. The zero-order chi connectivity index (χ0) is 20.8. The summed E-state index contributed by atoms with van der Waals surface area (Å²) in [6.07, 6.45) is -4.08. The van der Waals surface area contributed by atoms with Gasteiger partial charge in [-0.25, -0.2) is 4.79 Å². The smallest absolute Gasteiger partial charge is 0.444 e. The summed E-state index contributed by atoms with van der Waals surface area (Å²) >= 11 is 0. The van der Waals surface area contributed by atoms with Gasteiger partial charge in [0.05, 0.1) is 11.2 Å². The number of nitrogens with one attached hydrogen (secondary N) is 1. The largest absolute Gasteiger partial charge is 0.471 e. The average Bonchev–Trinajstić information content (AvgIpc) is 2.43. The molecule has 2 amide bonds. The van der Waals surface area contributed by atoms with E-state index in [0.29, 0.717) is 16.8 Å². The highest BCUT2D eigenvalue weighted by atomic mass is 19.4. The van der Waals surface area contributed by atoms with E-state index in [2.05, 4.69) is 5.32 Å². The van der Waals surface area contributed by atoms with Gasteiger partial charge in [0.2, 0.25) is 0 Å². The van der Waals surface area contributed by atoms with E-state index in [4.69, 9.17) is 4.74 Å². The van der Waals surface area contributed by atoms with E-state index in [1.54, 1.807) is 33.8 Å². The van der Waals surface area contributed by atoms with Crippen LogP contribution in [-0.2, 0) is 9.53 Å². The summed E-state index contributed by atoms with van der Waals surface area (Å²) in [5.74, 6) is -1.94. The number of rotatable bonds is 1. The number of fused-ring (bicyclic) bond motifs is 1. The van der Waals surface area contributed by atoms with Crippen LogP contribution < -0.4 is 10.2 Å². The molecule has 0 saturated heterocycles. The first-order valence-corrected chi connectivity index (χ1v) is 8.37. The van der Waals surface area contributed by atoms with Crippen molar-refractivity contribution in [2.45, 2.75) is 58.9 Å². The Morgan fingerprint density at radius 2 is 1.74 bits per heavy atom. The van der Waals surface area contributed by atoms with Crippen LogP contribution in [0, 0.1) is 0 Å². The minimum absolute atomic E-state index is 0.136. The molecule has 0 fully saturated rings. The van der Waals surface area contributed by atoms with E-state index in [1.165, 1.54) is 32.0 Å². The van der Waals surface area contributed by atoms with E-state index >= 15 is 0 Å². The number of carbonyl (C=O) groups is 2. The Bertz CT molecular complexity index is 805. The average molecular weight is 384 g/mol. The monoisotopic (exact) mass is 384 g/mol. The molecule has 0 spiro atoms. The molecular weight excluding hydrogens is 361 g/mol. The maximum absolute atomic E-state index is 13.1. The second-order valence-electron chi connectivity index (χ2n) is 7.98. The van der Waals surface area contributed by atoms with Gasteiger partial charge in [-0.05, 0) is 65.3 Å². The third-order valence-corrected chi connectivity index (χ3v) is 3.90. The van der Waals surface area contributed by atoms with Crippen molar-refractivity contribution in [3.8, 4) is 0 Å². The van der Waals surface area contributed by atoms with Gasteiger partial charge in [-0.15, -0.1) is 0 Å². The van der Waals surface area contributed by atoms with Crippen molar-refractivity contribution in [2.24, 2.45) is 0 Å². The number of carbonyl (C=O) groups excluding carboxylic acids is 2. The number of hydrogen-bond acceptors (Lipinski definition) is 3. The molecule has 0 bridgehead atoms. The number of ether oxygens (including phenoxy) is 1. The van der Waals surface area contributed by atoms with E-state index in [1.807, 2.05) is 0 Å². The maximum atomic E-state index is 13.1. The molecule has 0 saturated carbocycles. The summed E-state index contributed by atoms with van der Waals surface area (Å²) in [5.41, 5.74) is -0.209. The van der Waals surface area contributed by atoms with Crippen molar-refractivity contribution < 1.29 is 27.5 Å². The fourth-order valence-electron chi connectivity index (χ4n) is 3.03. The van der Waals surface area contributed by atoms with Crippen molar-refractivity contribution in [2.75, 3.05) is 10.2 Å². The lowest BCUT2D eigenvalue weighted by Gasteiger charge is -2.41. The van der Waals surface area contributed by atoms with Crippen LogP contribution in [0.1, 0.15) is 47.1 Å². The van der Waals surface area contributed by atoms with Crippen molar-refractivity contribution in [3.63, 3.8) is 0 Å². The lowest BCUT2D eigenvalue weighted by molar-refractivity contribution is -0.171. The molecule has 0 radical (unpaired) electrons. The molecule has 27 heavy (non-hydrogen) atoms. The third kappa shape index (κ3) is 4.61. The molecule has 0 atom stereocenters. The van der Waals surface area contributed by atoms with Gasteiger partial charge in [0, 0.05) is 11.3 Å². The number of amides is 2. The Balaban J connectivity index is 2.43. The lowest BCUT2D eigenvalue weighted by atomic mass is 9.88. The molecule has 2 rings (SSSR count). The van der Waals surface area contributed by atoms with Gasteiger partial charge in [0.15, 0.2) is 0 Å². The Kier molecular flexibility index (Phi) is 5.07. The predicted octanol–water partition coefficient (Wildman–Crippen LogP) is 5.12. The highest BCUT2D eigenvalue weighted by Crippen LogP contribution is 2.42. The molecule has 1 aromatic rings. The summed E-state index contributed by atoms with van der Waals surface area (Å²) in [6, 6.07) is 4.36. The standard InChI is InChI=1S/C19H23F3N2O3/c1-11-10-18(5,6)24(15(25)19(20,21)22)14-8-7-12(9-13(11)14)23-16(26)27-17(2,3)4/h7-10H,1-6H3,(H,23,26). The number of nitrogens with zero attached hydrogens (tertiary/aromatic N) is 1. The zero-order valence-electron chi connectivity index (χ0n) is 16.1. The number of alkyl halides is 3. The number of allylic oxidation sites excluding steroid dienone is 1. The first-order chi connectivity index (χ1) is 12.1. The highest BCUT2D eigenvalue weighted by Gasteiger charge is 2.48. The molecular formula is C19H23F3N2O3. The minimum atomic E-state index is -5.00. The molecule has 5 nitrogen and oxygen atoms in total. The zero-order valence-corrected chi connectivity index (χ0v) is 16.1. The van der Waals surface area contributed by atoms with Crippen LogP contribution in [-0.4, -0.2) is 29.3 Å². The molecule has 1 aliphatic heterocycles. The van der Waals surface area contributed by atoms with Gasteiger partial charge >= 0.3 is 18.2 Å². The van der Waals surface area contributed by atoms with Gasteiger partial charge < -0.3 is 4.74 Å². The third-order valence-electron chi connectivity index (χ3n) is 3.90. The maximum Gasteiger partial charge on any atom is 0.471 e. The van der Waals surface area contributed by atoms with Crippen molar-refractivity contribution in [3.05, 3.63) is 29.8 Å². The van der Waals surface area contributed by atoms with E-state index in [-0.39, 0.29) is 5.69 Å². The Morgan fingerprint density at radius 3 is 2.26 bits per heavy atom. The lowest BCUT2D eigenvalue weighted by Crippen LogP contribution is -2.53. The van der Waals surface area contributed by atoms with E-state index in [0.717, 1.165) is 4.90 Å². The summed E-state index contributed by atoms with van der Waals surface area (Å²) in [7, 11) is 0. The molecule has 148 valence electrons. The number of benzene rings is 1. The molecule has 1 aliphatic rings. The summed E-state index contributed by atoms with van der Waals surface area (Å²) in [6.45, 7) is 9.97. The summed E-state index contributed by atoms with van der Waals surface area (Å²) < 4.78 is 44.4. The molecule has 0 unspecified atom stereocenters. The number of hydrogen-bond donors (Lipinski definition) is 1. The summed E-state index contributed by atoms with van der Waals surface area (Å²) in [4.78, 5) is 24.7. The highest BCUT2D eigenvalue weighted by molar-refractivity contribution is 6.03. The normalized spacial score (nSPS) is 16.3. The Hall–Kier alpha value is -2.51. The van der Waals surface area contributed by atoms with Crippen molar-refractivity contribution in [1.82, 2.24) is 0 Å². The number of anilines is 2. The van der Waals surface area contributed by atoms with E-state index < -0.39 is 29.3 Å². The topological polar surface area (TPSA) is 58.6 Å². The van der Waals surface area contributed by atoms with Crippen LogP contribution in [0.2, 0.25) is 0 Å². The Morgan fingerprint density at radius 1 is 1.15 bits per heavy atom. The van der Waals surface area contributed by atoms with Gasteiger partial charge in [-0.1, -0.05) is 6.08 Å². The van der Waals surface area contributed by atoms with Crippen LogP contribution >= 0.6 is 0 Å². The van der Waals surface area contributed by atoms with E-state index in [9.17, 15) is 22.8 Å². The fourth-order valence-corrected chi connectivity index (χ4v) is 3.03. The first kappa shape index (κ1) is 20.8. The van der Waals surface area contributed by atoms with Crippen molar-refractivity contribution in [1.29, 1.82) is 0 Å². The van der Waals surface area contributed by atoms with Crippen LogP contribution in [0.25, 0.3) is 5.57 Å². The minimum Gasteiger partial charge on any atom is -0.444 e. The van der Waals surface area contributed by atoms with Crippen LogP contribution in [0.3, 0.4) is 0 Å². The molecule has 0 aliphatic carbocycles. The van der Waals surface area contributed by atoms with Crippen LogP contribution in [0.5, 0.6) is 0 Å². The van der Waals surface area contributed by atoms with Crippen LogP contribution in [0.15, 0.2) is 24.3 Å². The molecule has 1 N–H and O–H groups in total. The van der Waals surface area contributed by atoms with Gasteiger partial charge in [-0.3, -0.25) is 15.0 Å². The van der Waals surface area contributed by atoms with Crippen LogP contribution in [0.4, 0.5) is 29.3 Å². The quantitative estimate of drug-likeness (QED) is 0.731. The predicted molar refractivity (Wildman–Crippen MR) is 97.6 cm³/mol. The SMILES string of the molecule is CC1=CC(C)(C)N(C(=O)C(F)(F)F)c2ccc(NC(=O)OC(C)(C)C)cc21. The van der Waals surface area contributed by atoms with Gasteiger partial charge in [-0.2, -0.15) is 13.2 Å². The van der Waals surface area contributed by atoms with Gasteiger partial charge in [0.25, 0.3) is 0 Å². The summed E-state index contributed by atoms with van der Waals surface area (Å²) in [5, 5.41) is 2.55. The fraction of sp³-hybridized carbons (Fsp3) is 0.474. The first-order valence-electron chi connectivity index (χ1n) is 8.37. The molecule has 1 aromatic carbocycles. The Labute approximate surface area is 156 Å². The number of halogens is 3. The van der Waals surface area contributed by atoms with Gasteiger partial charge in [0.1, 0.15) is 5.60 Å². The molecule has 0 aromatic heterocycles. The second kappa shape index (κ2) is 6.58. The second-order valence-corrected chi connectivity index (χ2v) is 7.98. The molecule has 1 heterocycles. The van der Waals surface area contributed by atoms with Crippen molar-refractivity contribution >= 4 is 28.9 Å².